The van der Waals surface area contributed by atoms with Crippen molar-refractivity contribution in [2.45, 2.75) is 31.3 Å². The summed E-state index contributed by atoms with van der Waals surface area (Å²) in [5, 5.41) is 7.59. The second kappa shape index (κ2) is 6.85. The van der Waals surface area contributed by atoms with Gasteiger partial charge in [-0.15, -0.1) is 0 Å². The summed E-state index contributed by atoms with van der Waals surface area (Å²) in [6, 6.07) is 0. The molecule has 8 heteroatoms. The lowest BCUT2D eigenvalue weighted by Gasteiger charge is -2.39. The number of piperidine rings is 1. The molecule has 2 aromatic heterocycles. The molecule has 0 aromatic carbocycles. The van der Waals surface area contributed by atoms with Crippen LogP contribution in [0, 0.1) is 0 Å². The number of carbonyl (C=O) groups excluding carboxylic acids is 1. The average molecular weight is 358 g/mol. The Morgan fingerprint density at radius 3 is 2.88 bits per heavy atom. The zero-order valence-electron chi connectivity index (χ0n) is 15.4. The predicted molar refractivity (Wildman–Crippen MR) is 95.8 cm³/mol. The number of morpholine rings is 1. The van der Waals surface area contributed by atoms with E-state index in [1.54, 1.807) is 17.1 Å². The van der Waals surface area contributed by atoms with Crippen LogP contribution in [0.25, 0.3) is 0 Å². The molecule has 2 aliphatic heterocycles. The summed E-state index contributed by atoms with van der Waals surface area (Å²) in [5.41, 5.74) is 1.01. The van der Waals surface area contributed by atoms with Crippen molar-refractivity contribution in [1.82, 2.24) is 30.0 Å². The molecule has 8 nitrogen and oxygen atoms in total. The number of amides is 1. The van der Waals surface area contributed by atoms with E-state index in [-0.39, 0.29) is 5.91 Å². The van der Waals surface area contributed by atoms with Gasteiger partial charge in [-0.3, -0.25) is 9.48 Å². The van der Waals surface area contributed by atoms with Crippen LogP contribution in [0.3, 0.4) is 0 Å². The number of aromatic amines is 1. The lowest BCUT2D eigenvalue weighted by Crippen LogP contribution is -2.50. The normalized spacial score (nSPS) is 24.8. The van der Waals surface area contributed by atoms with Crippen LogP contribution < -0.4 is 5.32 Å². The number of aryl methyl sites for hydroxylation is 1. The van der Waals surface area contributed by atoms with Crippen molar-refractivity contribution in [2.75, 3.05) is 32.8 Å². The van der Waals surface area contributed by atoms with Gasteiger partial charge in [-0.2, -0.15) is 5.10 Å². The van der Waals surface area contributed by atoms with E-state index in [9.17, 15) is 4.79 Å². The molecule has 4 heterocycles. The van der Waals surface area contributed by atoms with Crippen molar-refractivity contribution in [3.63, 3.8) is 0 Å². The molecule has 2 aliphatic rings. The zero-order valence-corrected chi connectivity index (χ0v) is 15.4. The van der Waals surface area contributed by atoms with E-state index in [0.717, 1.165) is 37.3 Å². The maximum Gasteiger partial charge on any atom is 0.272 e. The van der Waals surface area contributed by atoms with E-state index in [2.05, 4.69) is 20.4 Å². The third kappa shape index (κ3) is 3.26. The first-order chi connectivity index (χ1) is 12.5. The quantitative estimate of drug-likeness (QED) is 0.855. The lowest BCUT2D eigenvalue weighted by molar-refractivity contribution is -0.0932. The van der Waals surface area contributed by atoms with Gasteiger partial charge in [0, 0.05) is 31.3 Å². The second-order valence-electron chi connectivity index (χ2n) is 7.42. The summed E-state index contributed by atoms with van der Waals surface area (Å²) < 4.78 is 7.76. The number of ether oxygens (including phenoxy) is 1. The van der Waals surface area contributed by atoms with E-state index in [4.69, 9.17) is 4.74 Å². The minimum absolute atomic E-state index is 0.0175. The van der Waals surface area contributed by atoms with E-state index >= 15 is 0 Å². The van der Waals surface area contributed by atoms with E-state index < -0.39 is 5.60 Å². The molecule has 2 fully saturated rings. The molecule has 0 radical (unpaired) electrons. The molecule has 0 saturated carbocycles. The summed E-state index contributed by atoms with van der Waals surface area (Å²) in [5.74, 6) is 1.32. The van der Waals surface area contributed by atoms with Crippen molar-refractivity contribution in [2.24, 2.45) is 7.05 Å². The standard InChI is InChI=1S/C18H26N6O2/c1-18(14-9-21-23(2)11-14)12-24(7-8-26-18)17(25)15-10-20-16(22-15)13-3-5-19-6-4-13/h9-11,13,19H,3-8,12H2,1-2H3,(H,20,22). The minimum atomic E-state index is -0.542. The van der Waals surface area contributed by atoms with Crippen LogP contribution in [0.5, 0.6) is 0 Å². The Labute approximate surface area is 152 Å². The fourth-order valence-electron chi connectivity index (χ4n) is 3.83. The van der Waals surface area contributed by atoms with E-state index in [1.807, 2.05) is 25.1 Å². The second-order valence-corrected chi connectivity index (χ2v) is 7.42. The molecule has 4 rings (SSSR count). The number of imidazole rings is 1. The molecule has 1 atom stereocenters. The number of aromatic nitrogens is 4. The van der Waals surface area contributed by atoms with Gasteiger partial charge in [0.05, 0.1) is 25.5 Å². The van der Waals surface area contributed by atoms with Gasteiger partial charge in [0.25, 0.3) is 5.91 Å². The zero-order chi connectivity index (χ0) is 18.1. The van der Waals surface area contributed by atoms with E-state index in [0.29, 0.717) is 31.3 Å². The molecule has 0 spiro atoms. The largest absolute Gasteiger partial charge is 0.367 e. The molecule has 2 N–H and O–H groups in total. The molecule has 0 aliphatic carbocycles. The highest BCUT2D eigenvalue weighted by molar-refractivity contribution is 5.92. The van der Waals surface area contributed by atoms with Gasteiger partial charge in [0.15, 0.2) is 0 Å². The van der Waals surface area contributed by atoms with Gasteiger partial charge < -0.3 is 19.9 Å². The molecule has 1 unspecified atom stereocenters. The molecule has 0 bridgehead atoms. The third-order valence-electron chi connectivity index (χ3n) is 5.43. The minimum Gasteiger partial charge on any atom is -0.367 e. The third-order valence-corrected chi connectivity index (χ3v) is 5.43. The highest BCUT2D eigenvalue weighted by Crippen LogP contribution is 2.30. The predicted octanol–water partition coefficient (Wildman–Crippen LogP) is 0.998. The average Bonchev–Trinajstić information content (AvgIpc) is 3.31. The summed E-state index contributed by atoms with van der Waals surface area (Å²) >= 11 is 0. The number of nitrogens with zero attached hydrogens (tertiary/aromatic N) is 4. The first-order valence-electron chi connectivity index (χ1n) is 9.23. The fourth-order valence-corrected chi connectivity index (χ4v) is 3.83. The number of hydrogen-bond donors (Lipinski definition) is 2. The van der Waals surface area contributed by atoms with Gasteiger partial charge in [0.1, 0.15) is 17.1 Å². The van der Waals surface area contributed by atoms with Gasteiger partial charge in [-0.25, -0.2) is 4.98 Å². The van der Waals surface area contributed by atoms with Crippen LogP contribution in [0.1, 0.15) is 47.6 Å². The smallest absolute Gasteiger partial charge is 0.272 e. The van der Waals surface area contributed by atoms with Crippen molar-refractivity contribution in [3.8, 4) is 0 Å². The Kier molecular flexibility index (Phi) is 4.54. The summed E-state index contributed by atoms with van der Waals surface area (Å²) in [4.78, 5) is 22.6. The molecule has 1 amide bonds. The topological polar surface area (TPSA) is 88.1 Å². The fraction of sp³-hybridized carbons (Fsp3) is 0.611. The number of hydrogen-bond acceptors (Lipinski definition) is 5. The van der Waals surface area contributed by atoms with Gasteiger partial charge >= 0.3 is 0 Å². The van der Waals surface area contributed by atoms with Gasteiger partial charge in [0.2, 0.25) is 0 Å². The molecular weight excluding hydrogens is 332 g/mol. The molecule has 2 saturated heterocycles. The maximum absolute atomic E-state index is 13.0. The van der Waals surface area contributed by atoms with Crippen molar-refractivity contribution < 1.29 is 9.53 Å². The molecule has 140 valence electrons. The van der Waals surface area contributed by atoms with Crippen LogP contribution >= 0.6 is 0 Å². The Balaban J connectivity index is 1.48. The first kappa shape index (κ1) is 17.2. The van der Waals surface area contributed by atoms with Crippen LogP contribution in [-0.4, -0.2) is 63.3 Å². The summed E-state index contributed by atoms with van der Waals surface area (Å²) in [6.45, 7) is 5.60. The van der Waals surface area contributed by atoms with Crippen molar-refractivity contribution >= 4 is 5.91 Å². The number of nitrogens with one attached hydrogen (secondary N) is 2. The highest BCUT2D eigenvalue weighted by atomic mass is 16.5. The molecular formula is C18H26N6O2. The lowest BCUT2D eigenvalue weighted by atomic mass is 9.97. The number of rotatable bonds is 3. The summed E-state index contributed by atoms with van der Waals surface area (Å²) in [6.07, 6.45) is 7.53. The maximum atomic E-state index is 13.0. The highest BCUT2D eigenvalue weighted by Gasteiger charge is 2.37. The van der Waals surface area contributed by atoms with Gasteiger partial charge in [-0.05, 0) is 32.9 Å². The van der Waals surface area contributed by atoms with Crippen LogP contribution in [0.2, 0.25) is 0 Å². The van der Waals surface area contributed by atoms with Crippen molar-refractivity contribution in [3.05, 3.63) is 35.7 Å². The van der Waals surface area contributed by atoms with Crippen LogP contribution in [-0.2, 0) is 17.4 Å². The monoisotopic (exact) mass is 358 g/mol. The molecule has 2 aromatic rings. The first-order valence-corrected chi connectivity index (χ1v) is 9.23. The Morgan fingerprint density at radius 2 is 2.15 bits per heavy atom. The van der Waals surface area contributed by atoms with Crippen LogP contribution in [0.4, 0.5) is 0 Å². The SMILES string of the molecule is Cn1cc(C2(C)CN(C(=O)c3cnc(C4CCNCC4)[nH]3)CCO2)cn1. The van der Waals surface area contributed by atoms with Crippen molar-refractivity contribution in [1.29, 1.82) is 0 Å². The Morgan fingerprint density at radius 1 is 1.35 bits per heavy atom. The summed E-state index contributed by atoms with van der Waals surface area (Å²) in [7, 11) is 1.88. The number of carbonyl (C=O) groups is 1. The van der Waals surface area contributed by atoms with Gasteiger partial charge in [-0.1, -0.05) is 0 Å². The Bertz CT molecular complexity index is 778. The van der Waals surface area contributed by atoms with E-state index in [1.165, 1.54) is 0 Å². The Hall–Kier alpha value is -2.19. The number of H-pyrrole nitrogens is 1. The molecule has 26 heavy (non-hydrogen) atoms. The van der Waals surface area contributed by atoms with Crippen LogP contribution in [0.15, 0.2) is 18.6 Å².